The zero-order chi connectivity index (χ0) is 23.7. The average molecular weight is 496 g/mol. The van der Waals surface area contributed by atoms with Gasteiger partial charge >= 0.3 is 6.01 Å². The zero-order valence-electron chi connectivity index (χ0n) is 19.9. The first-order chi connectivity index (χ1) is 16.5. The summed E-state index contributed by atoms with van der Waals surface area (Å²) in [5, 5.41) is 6.80. The smallest absolute Gasteiger partial charge is 0.324 e. The van der Waals surface area contributed by atoms with Gasteiger partial charge in [-0.1, -0.05) is 45.0 Å². The van der Waals surface area contributed by atoms with E-state index in [1.165, 1.54) is 4.90 Å². The molecule has 1 aliphatic rings. The van der Waals surface area contributed by atoms with E-state index in [0.29, 0.717) is 17.1 Å². The fourth-order valence-corrected chi connectivity index (χ4v) is 5.81. The Bertz CT molecular complexity index is 1240. The fourth-order valence-electron chi connectivity index (χ4n) is 4.02. The Labute approximate surface area is 207 Å². The summed E-state index contributed by atoms with van der Waals surface area (Å²) in [6, 6.07) is 9.32. The molecule has 0 saturated carbocycles. The number of hydrogen-bond acceptors (Lipinski definition) is 9. The van der Waals surface area contributed by atoms with Crippen LogP contribution >= 0.6 is 23.1 Å². The molecule has 0 spiro atoms. The summed E-state index contributed by atoms with van der Waals surface area (Å²) < 4.78 is 12.8. The van der Waals surface area contributed by atoms with Crippen molar-refractivity contribution in [3.8, 4) is 17.0 Å². The highest BCUT2D eigenvalue weighted by Gasteiger charge is 2.26. The number of aromatic nitrogens is 4. The van der Waals surface area contributed by atoms with Crippen LogP contribution in [-0.4, -0.2) is 44.6 Å². The number of ether oxygens (including phenoxy) is 1. The molecule has 0 atom stereocenters. The molecule has 0 N–H and O–H groups in total. The number of hydrogen-bond donors (Lipinski definition) is 0. The lowest BCUT2D eigenvalue weighted by Crippen LogP contribution is -2.38. The highest BCUT2D eigenvalue weighted by atomic mass is 32.2. The van der Waals surface area contributed by atoms with E-state index in [1.807, 2.05) is 11.8 Å². The van der Waals surface area contributed by atoms with Gasteiger partial charge in [0.1, 0.15) is 17.1 Å². The molecule has 0 bridgehead atoms. The van der Waals surface area contributed by atoms with Crippen molar-refractivity contribution >= 4 is 39.3 Å². The van der Waals surface area contributed by atoms with Gasteiger partial charge in [0.15, 0.2) is 5.82 Å². The van der Waals surface area contributed by atoms with Crippen LogP contribution in [0.2, 0.25) is 0 Å². The predicted molar refractivity (Wildman–Crippen MR) is 138 cm³/mol. The van der Waals surface area contributed by atoms with Crippen LogP contribution < -0.4 is 9.64 Å². The van der Waals surface area contributed by atoms with Crippen LogP contribution in [-0.2, 0) is 0 Å². The zero-order valence-corrected chi connectivity index (χ0v) is 21.5. The van der Waals surface area contributed by atoms with Gasteiger partial charge in [-0.25, -0.2) is 9.97 Å². The van der Waals surface area contributed by atoms with E-state index in [-0.39, 0.29) is 12.0 Å². The van der Waals surface area contributed by atoms with E-state index in [0.717, 1.165) is 53.1 Å². The monoisotopic (exact) mass is 495 g/mol. The van der Waals surface area contributed by atoms with Crippen LogP contribution in [0.1, 0.15) is 52.3 Å². The van der Waals surface area contributed by atoms with Gasteiger partial charge in [0.25, 0.3) is 0 Å². The third-order valence-corrected chi connectivity index (χ3v) is 7.77. The van der Waals surface area contributed by atoms with Crippen LogP contribution in [0.25, 0.3) is 21.3 Å². The number of anilines is 1. The van der Waals surface area contributed by atoms with Gasteiger partial charge in [0.05, 0.1) is 5.52 Å². The van der Waals surface area contributed by atoms with E-state index < -0.39 is 0 Å². The minimum atomic E-state index is 0.0970. The molecule has 4 aromatic rings. The number of thiophene rings is 1. The largest absolute Gasteiger partial charge is 0.473 e. The van der Waals surface area contributed by atoms with Crippen LogP contribution in [0.5, 0.6) is 5.88 Å². The van der Waals surface area contributed by atoms with Crippen molar-refractivity contribution in [1.29, 1.82) is 0 Å². The number of nitrogens with zero attached hydrogens (tertiary/aromatic N) is 5. The minimum Gasteiger partial charge on any atom is -0.473 e. The number of fused-ring (bicyclic) bond motifs is 1. The second kappa shape index (κ2) is 9.92. The standard InChI is InChI=1S/C25H29N5O2S2/c1-15(2)23-28-25(32-29-23)30-11-9-18(10-12-30)31-24-22-21(26-14-27-24)20(13-33-22)17-5-7-19(8-6-17)34-16(3)4/h5-8,13-16,18H,9-12H2,1-4H3. The van der Waals surface area contributed by atoms with E-state index in [1.54, 1.807) is 17.7 Å². The Kier molecular flexibility index (Phi) is 6.74. The van der Waals surface area contributed by atoms with Crippen molar-refractivity contribution < 1.29 is 9.26 Å². The van der Waals surface area contributed by atoms with Gasteiger partial charge in [0.2, 0.25) is 5.88 Å². The first kappa shape index (κ1) is 23.1. The van der Waals surface area contributed by atoms with Gasteiger partial charge in [-0.15, -0.1) is 23.1 Å². The Morgan fingerprint density at radius 2 is 1.85 bits per heavy atom. The molecule has 0 radical (unpaired) electrons. The highest BCUT2D eigenvalue weighted by molar-refractivity contribution is 7.99. The van der Waals surface area contributed by atoms with Crippen molar-refractivity contribution in [1.82, 2.24) is 20.1 Å². The molecule has 1 aliphatic heterocycles. The van der Waals surface area contributed by atoms with Gasteiger partial charge < -0.3 is 14.2 Å². The van der Waals surface area contributed by atoms with Crippen LogP contribution in [0.4, 0.5) is 6.01 Å². The maximum atomic E-state index is 6.37. The van der Waals surface area contributed by atoms with Crippen molar-refractivity contribution in [2.45, 2.75) is 62.7 Å². The normalized spacial score (nSPS) is 15.1. The molecular formula is C25H29N5O2S2. The van der Waals surface area contributed by atoms with Crippen molar-refractivity contribution in [3.63, 3.8) is 0 Å². The molecule has 1 aromatic carbocycles. The molecule has 0 aliphatic carbocycles. The molecule has 5 rings (SSSR count). The Balaban J connectivity index is 1.27. The van der Waals surface area contributed by atoms with Crippen LogP contribution in [0.3, 0.4) is 0 Å². The summed E-state index contributed by atoms with van der Waals surface area (Å²) in [5.41, 5.74) is 3.24. The molecule has 9 heteroatoms. The molecule has 4 heterocycles. The van der Waals surface area contributed by atoms with Gasteiger partial charge in [-0.2, -0.15) is 4.98 Å². The fraction of sp³-hybridized carbons (Fsp3) is 0.440. The number of thioether (sulfide) groups is 1. The molecule has 1 fully saturated rings. The number of piperidine rings is 1. The second-order valence-corrected chi connectivity index (χ2v) is 11.6. The van der Waals surface area contributed by atoms with Crippen LogP contribution in [0.15, 0.2) is 45.4 Å². The van der Waals surface area contributed by atoms with E-state index >= 15 is 0 Å². The molecule has 34 heavy (non-hydrogen) atoms. The first-order valence-electron chi connectivity index (χ1n) is 11.7. The van der Waals surface area contributed by atoms with Gasteiger partial charge in [0, 0.05) is 52.9 Å². The van der Waals surface area contributed by atoms with E-state index in [4.69, 9.17) is 9.26 Å². The molecule has 178 valence electrons. The third-order valence-electron chi connectivity index (χ3n) is 5.80. The van der Waals surface area contributed by atoms with Crippen molar-refractivity contribution in [2.24, 2.45) is 0 Å². The van der Waals surface area contributed by atoms with E-state index in [2.05, 4.69) is 82.3 Å². The lowest BCUT2D eigenvalue weighted by molar-refractivity contribution is 0.164. The average Bonchev–Trinajstić information content (AvgIpc) is 3.48. The summed E-state index contributed by atoms with van der Waals surface area (Å²) in [6.45, 7) is 10.2. The first-order valence-corrected chi connectivity index (χ1v) is 13.5. The lowest BCUT2D eigenvalue weighted by atomic mass is 10.1. The topological polar surface area (TPSA) is 77.2 Å². The summed E-state index contributed by atoms with van der Waals surface area (Å²) in [4.78, 5) is 17.0. The summed E-state index contributed by atoms with van der Waals surface area (Å²) in [5.74, 6) is 1.68. The number of benzene rings is 1. The highest BCUT2D eigenvalue weighted by Crippen LogP contribution is 2.38. The van der Waals surface area contributed by atoms with Gasteiger partial charge in [-0.3, -0.25) is 0 Å². The Morgan fingerprint density at radius 3 is 2.53 bits per heavy atom. The number of rotatable bonds is 7. The maximum Gasteiger partial charge on any atom is 0.324 e. The molecule has 3 aromatic heterocycles. The van der Waals surface area contributed by atoms with E-state index in [9.17, 15) is 0 Å². The summed E-state index contributed by atoms with van der Waals surface area (Å²) >= 11 is 3.51. The maximum absolute atomic E-state index is 6.37. The predicted octanol–water partition coefficient (Wildman–Crippen LogP) is 6.41. The van der Waals surface area contributed by atoms with Crippen molar-refractivity contribution in [3.05, 3.63) is 41.8 Å². The quantitative estimate of drug-likeness (QED) is 0.272. The molecule has 0 amide bonds. The van der Waals surface area contributed by atoms with Crippen molar-refractivity contribution in [2.75, 3.05) is 18.0 Å². The molecule has 0 unspecified atom stereocenters. The molecule has 1 saturated heterocycles. The summed E-state index contributed by atoms with van der Waals surface area (Å²) in [6.07, 6.45) is 3.45. The Morgan fingerprint density at radius 1 is 1.09 bits per heavy atom. The molecule has 7 nitrogen and oxygen atoms in total. The van der Waals surface area contributed by atoms with Gasteiger partial charge in [-0.05, 0) is 17.7 Å². The van der Waals surface area contributed by atoms with Crippen LogP contribution in [0, 0.1) is 0 Å². The third kappa shape index (κ3) is 4.90. The Hall–Kier alpha value is -2.65. The lowest BCUT2D eigenvalue weighted by Gasteiger charge is -2.30. The SMILES string of the molecule is CC(C)Sc1ccc(-c2csc3c(OC4CCN(c5nc(C(C)C)no5)CC4)ncnc23)cc1. The second-order valence-electron chi connectivity index (χ2n) is 9.09. The molecular weight excluding hydrogens is 466 g/mol. The summed E-state index contributed by atoms with van der Waals surface area (Å²) in [7, 11) is 0. The minimum absolute atomic E-state index is 0.0970.